The normalized spacial score (nSPS) is 17.1. The van der Waals surface area contributed by atoms with Crippen molar-refractivity contribution in [2.24, 2.45) is 13.0 Å². The molecule has 2 aromatic heterocycles. The van der Waals surface area contributed by atoms with Crippen LogP contribution in [-0.4, -0.2) is 56.1 Å². The van der Waals surface area contributed by atoms with Gasteiger partial charge in [-0.3, -0.25) is 19.3 Å². The van der Waals surface area contributed by atoms with Crippen LogP contribution in [0.5, 0.6) is 0 Å². The maximum Gasteiger partial charge on any atom is 0.274 e. The van der Waals surface area contributed by atoms with E-state index in [1.165, 1.54) is 23.9 Å². The lowest BCUT2D eigenvalue weighted by Crippen LogP contribution is -2.40. The lowest BCUT2D eigenvalue weighted by Gasteiger charge is -2.33. The molecule has 9 nitrogen and oxygen atoms in total. The number of amides is 2. The number of aryl methyl sites for hydroxylation is 2. The third-order valence-electron chi connectivity index (χ3n) is 6.23. The second kappa shape index (κ2) is 8.80. The molecule has 0 saturated carbocycles. The van der Waals surface area contributed by atoms with Gasteiger partial charge < -0.3 is 4.90 Å². The summed E-state index contributed by atoms with van der Waals surface area (Å²) in [7, 11) is 1.54. The Morgan fingerprint density at radius 2 is 1.84 bits per heavy atom. The van der Waals surface area contributed by atoms with E-state index < -0.39 is 0 Å². The van der Waals surface area contributed by atoms with E-state index >= 15 is 0 Å². The molecule has 0 aromatic carbocycles. The fourth-order valence-corrected chi connectivity index (χ4v) is 4.46. The summed E-state index contributed by atoms with van der Waals surface area (Å²) in [6.07, 6.45) is 2.68. The molecule has 2 aromatic rings. The van der Waals surface area contributed by atoms with Crippen molar-refractivity contribution < 1.29 is 9.59 Å². The van der Waals surface area contributed by atoms with Crippen LogP contribution in [0.4, 0.5) is 5.82 Å². The van der Waals surface area contributed by atoms with E-state index in [1.54, 1.807) is 4.90 Å². The largest absolute Gasteiger partial charge is 0.337 e. The summed E-state index contributed by atoms with van der Waals surface area (Å²) < 4.78 is 1.17. The van der Waals surface area contributed by atoms with Gasteiger partial charge in [-0.05, 0) is 38.2 Å². The summed E-state index contributed by atoms with van der Waals surface area (Å²) in [5, 5.41) is 4.07. The number of rotatable bonds is 4. The van der Waals surface area contributed by atoms with E-state index in [0.717, 1.165) is 35.7 Å². The predicted octanol–water partition coefficient (Wildman–Crippen LogP) is 1.83. The minimum Gasteiger partial charge on any atom is -0.337 e. The van der Waals surface area contributed by atoms with Crippen LogP contribution in [0.1, 0.15) is 66.6 Å². The maximum absolute atomic E-state index is 12.8. The number of hydrogen-bond acceptors (Lipinski definition) is 6. The first kappa shape index (κ1) is 22.1. The van der Waals surface area contributed by atoms with Gasteiger partial charge in [0.2, 0.25) is 5.91 Å². The van der Waals surface area contributed by atoms with Gasteiger partial charge in [0.15, 0.2) is 0 Å². The van der Waals surface area contributed by atoms with Crippen LogP contribution in [0.3, 0.4) is 0 Å². The van der Waals surface area contributed by atoms with Crippen molar-refractivity contribution in [3.8, 4) is 0 Å². The van der Waals surface area contributed by atoms with Gasteiger partial charge in [-0.15, -0.1) is 0 Å². The minimum absolute atomic E-state index is 0.125. The Morgan fingerprint density at radius 1 is 1.12 bits per heavy atom. The first-order valence-corrected chi connectivity index (χ1v) is 11.3. The maximum atomic E-state index is 12.8. The smallest absolute Gasteiger partial charge is 0.274 e. The zero-order valence-corrected chi connectivity index (χ0v) is 19.2. The minimum atomic E-state index is -0.245. The summed E-state index contributed by atoms with van der Waals surface area (Å²) in [5.74, 6) is 1.97. The van der Waals surface area contributed by atoms with Gasteiger partial charge in [0.1, 0.15) is 17.3 Å². The predicted molar refractivity (Wildman–Crippen MR) is 120 cm³/mol. The molecule has 32 heavy (non-hydrogen) atoms. The molecule has 2 amide bonds. The number of hydrogen-bond donors (Lipinski definition) is 0. The number of carbonyl (C=O) groups excluding carboxylic acids is 2. The molecule has 9 heteroatoms. The zero-order valence-electron chi connectivity index (χ0n) is 19.2. The van der Waals surface area contributed by atoms with Crippen molar-refractivity contribution in [1.29, 1.82) is 0 Å². The summed E-state index contributed by atoms with van der Waals surface area (Å²) >= 11 is 0. The van der Waals surface area contributed by atoms with Crippen molar-refractivity contribution in [3.63, 3.8) is 0 Å². The Balaban J connectivity index is 1.51. The standard InChI is InChI=1S/C23H30N6O3/c1-14(2)13-29-20(31)7-5-17-15(3)24-21(25-22(17)29)16-9-11-28(12-10-16)23(32)18-6-8-19(30)27(4)26-18/h6,8,14,16H,5,7,9-13H2,1-4H3. The Kier molecular flexibility index (Phi) is 6.08. The topological polar surface area (TPSA) is 101 Å². The number of carbonyl (C=O) groups is 2. The lowest BCUT2D eigenvalue weighted by molar-refractivity contribution is -0.119. The average molecular weight is 439 g/mol. The lowest BCUT2D eigenvalue weighted by atomic mass is 9.94. The molecule has 0 bridgehead atoms. The highest BCUT2D eigenvalue weighted by atomic mass is 16.2. The third kappa shape index (κ3) is 4.28. The number of aromatic nitrogens is 4. The molecule has 1 fully saturated rings. The van der Waals surface area contributed by atoms with Gasteiger partial charge in [0.25, 0.3) is 11.5 Å². The third-order valence-corrected chi connectivity index (χ3v) is 6.23. The molecule has 0 radical (unpaired) electrons. The number of nitrogens with zero attached hydrogens (tertiary/aromatic N) is 6. The number of anilines is 1. The van der Waals surface area contributed by atoms with Crippen molar-refractivity contribution in [3.05, 3.63) is 45.3 Å². The molecule has 0 unspecified atom stereocenters. The summed E-state index contributed by atoms with van der Waals surface area (Å²) in [6.45, 7) is 7.99. The molecule has 4 heterocycles. The van der Waals surface area contributed by atoms with Gasteiger partial charge >= 0.3 is 0 Å². The van der Waals surface area contributed by atoms with Crippen LogP contribution in [-0.2, 0) is 18.3 Å². The number of piperidine rings is 1. The van der Waals surface area contributed by atoms with Crippen molar-refractivity contribution in [1.82, 2.24) is 24.6 Å². The molecule has 4 rings (SSSR count). The quantitative estimate of drug-likeness (QED) is 0.722. The van der Waals surface area contributed by atoms with Gasteiger partial charge in [-0.1, -0.05) is 13.8 Å². The van der Waals surface area contributed by atoms with Gasteiger partial charge in [-0.25, -0.2) is 14.6 Å². The van der Waals surface area contributed by atoms with Crippen molar-refractivity contribution in [2.45, 2.75) is 52.4 Å². The van der Waals surface area contributed by atoms with Crippen molar-refractivity contribution in [2.75, 3.05) is 24.5 Å². The highest BCUT2D eigenvalue weighted by Crippen LogP contribution is 2.33. The molecule has 0 aliphatic carbocycles. The number of likely N-dealkylation sites (tertiary alicyclic amines) is 1. The average Bonchev–Trinajstić information content (AvgIpc) is 2.77. The monoisotopic (exact) mass is 438 g/mol. The van der Waals surface area contributed by atoms with Gasteiger partial charge in [0, 0.05) is 56.3 Å². The molecule has 170 valence electrons. The second-order valence-corrected chi connectivity index (χ2v) is 9.11. The first-order valence-electron chi connectivity index (χ1n) is 11.3. The summed E-state index contributed by atoms with van der Waals surface area (Å²) in [4.78, 5) is 50.2. The molecular weight excluding hydrogens is 408 g/mol. The molecule has 2 aliphatic heterocycles. The fourth-order valence-electron chi connectivity index (χ4n) is 4.46. The Labute approximate surface area is 187 Å². The van der Waals surface area contributed by atoms with Crippen LogP contribution >= 0.6 is 0 Å². The molecule has 0 spiro atoms. The second-order valence-electron chi connectivity index (χ2n) is 9.11. The van der Waals surface area contributed by atoms with E-state index in [1.807, 2.05) is 11.8 Å². The highest BCUT2D eigenvalue weighted by Gasteiger charge is 2.32. The number of fused-ring (bicyclic) bond motifs is 1. The summed E-state index contributed by atoms with van der Waals surface area (Å²) in [5.41, 5.74) is 2.04. The van der Waals surface area contributed by atoms with Crippen molar-refractivity contribution >= 4 is 17.6 Å². The summed E-state index contributed by atoms with van der Waals surface area (Å²) in [6, 6.07) is 2.84. The van der Waals surface area contributed by atoms with E-state index in [-0.39, 0.29) is 29.0 Å². The van der Waals surface area contributed by atoms with Crippen LogP contribution in [0.15, 0.2) is 16.9 Å². The van der Waals surface area contributed by atoms with Gasteiger partial charge in [0.05, 0.1) is 0 Å². The van der Waals surface area contributed by atoms with E-state index in [2.05, 4.69) is 18.9 Å². The Morgan fingerprint density at radius 3 is 2.50 bits per heavy atom. The highest BCUT2D eigenvalue weighted by molar-refractivity contribution is 5.95. The zero-order chi connectivity index (χ0) is 23.0. The van der Waals surface area contributed by atoms with E-state index in [4.69, 9.17) is 9.97 Å². The van der Waals surface area contributed by atoms with E-state index in [9.17, 15) is 14.4 Å². The Bertz CT molecular complexity index is 1100. The van der Waals surface area contributed by atoms with E-state index in [0.29, 0.717) is 38.4 Å². The molecule has 1 saturated heterocycles. The SMILES string of the molecule is Cc1nc(C2CCN(C(=O)c3ccc(=O)n(C)n3)CC2)nc2c1CCC(=O)N2CC(C)C. The molecule has 0 atom stereocenters. The van der Waals surface area contributed by atoms with Crippen LogP contribution in [0.2, 0.25) is 0 Å². The van der Waals surface area contributed by atoms with Gasteiger partial charge in [-0.2, -0.15) is 5.10 Å². The van der Waals surface area contributed by atoms with Crippen LogP contribution in [0, 0.1) is 12.8 Å². The molecule has 0 N–H and O–H groups in total. The first-order chi connectivity index (χ1) is 15.2. The molecular formula is C23H30N6O3. The van der Waals surface area contributed by atoms with Crippen LogP contribution < -0.4 is 10.5 Å². The Hall–Kier alpha value is -3.10. The molecule has 2 aliphatic rings. The fraction of sp³-hybridized carbons (Fsp3) is 0.565. The van der Waals surface area contributed by atoms with Crippen LogP contribution in [0.25, 0.3) is 0 Å².